The Labute approximate surface area is 188 Å². The number of rotatable bonds is 3. The Morgan fingerprint density at radius 1 is 0.531 bits per heavy atom. The molecule has 0 N–H and O–H groups in total. The van der Waals surface area contributed by atoms with E-state index in [1.54, 1.807) is 36.4 Å². The average molecular weight is 418 g/mol. The van der Waals surface area contributed by atoms with Crippen molar-refractivity contribution in [3.8, 4) is 0 Å². The Hall–Kier alpha value is -3.98. The Balaban J connectivity index is 1.48. The molecule has 0 saturated carbocycles. The number of nitrogens with zero attached hydrogens (tertiary/aromatic N) is 1. The molecule has 1 aliphatic rings. The number of benzene rings is 4. The molecule has 5 rings (SSSR count). The maximum atomic E-state index is 13.6. The zero-order chi connectivity index (χ0) is 21.9. The van der Waals surface area contributed by atoms with Crippen LogP contribution in [0.3, 0.4) is 0 Å². The highest BCUT2D eigenvalue weighted by molar-refractivity contribution is 6.10. The van der Waals surface area contributed by atoms with Crippen LogP contribution in [0.2, 0.25) is 0 Å². The second kappa shape index (κ2) is 8.64. The summed E-state index contributed by atoms with van der Waals surface area (Å²) in [6.07, 6.45) is 1.85. The summed E-state index contributed by atoms with van der Waals surface area (Å²) >= 11 is 0. The topological polar surface area (TPSA) is 37.4 Å². The van der Waals surface area contributed by atoms with Crippen molar-refractivity contribution in [2.45, 2.75) is 19.4 Å². The van der Waals surface area contributed by atoms with E-state index in [0.29, 0.717) is 23.2 Å². The molecule has 0 bridgehead atoms. The summed E-state index contributed by atoms with van der Waals surface area (Å²) in [7, 11) is 0. The van der Waals surface area contributed by atoms with Gasteiger partial charge in [0, 0.05) is 22.4 Å². The van der Waals surface area contributed by atoms with Gasteiger partial charge in [-0.3, -0.25) is 9.59 Å². The standard InChI is InChI=1S/C29H23NO2/c31-28(23-10-2-1-3-11-23)24-16-18-25(19-17-24)29(32)30-20-26-12-5-4-8-21(26)14-15-22-9-6-7-13-27(22)30/h1-13,16-19H,14-15,20H2. The van der Waals surface area contributed by atoms with Gasteiger partial charge >= 0.3 is 0 Å². The molecular formula is C29H23NO2. The Morgan fingerprint density at radius 2 is 1.06 bits per heavy atom. The van der Waals surface area contributed by atoms with Gasteiger partial charge in [-0.2, -0.15) is 0 Å². The molecule has 4 aromatic rings. The van der Waals surface area contributed by atoms with Crippen molar-refractivity contribution in [3.05, 3.63) is 137 Å². The van der Waals surface area contributed by atoms with Gasteiger partial charge in [0.25, 0.3) is 5.91 Å². The highest BCUT2D eigenvalue weighted by Gasteiger charge is 2.23. The number of carbonyl (C=O) groups excluding carboxylic acids is 2. The number of anilines is 1. The smallest absolute Gasteiger partial charge is 0.258 e. The SMILES string of the molecule is O=C(c1ccccc1)c1ccc(C(=O)N2Cc3ccccc3CCc3ccccc32)cc1. The summed E-state index contributed by atoms with van der Waals surface area (Å²) in [5, 5.41) is 0. The van der Waals surface area contributed by atoms with Gasteiger partial charge in [0.1, 0.15) is 0 Å². The van der Waals surface area contributed by atoms with E-state index >= 15 is 0 Å². The number of amides is 1. The fourth-order valence-electron chi connectivity index (χ4n) is 4.32. The molecule has 0 fully saturated rings. The van der Waals surface area contributed by atoms with Crippen LogP contribution in [-0.4, -0.2) is 11.7 Å². The van der Waals surface area contributed by atoms with Crippen molar-refractivity contribution >= 4 is 17.4 Å². The summed E-state index contributed by atoms with van der Waals surface area (Å²) in [5.74, 6) is -0.108. The van der Waals surface area contributed by atoms with Crippen LogP contribution >= 0.6 is 0 Å². The Kier molecular flexibility index (Phi) is 5.39. The number of fused-ring (bicyclic) bond motifs is 2. The van der Waals surface area contributed by atoms with Crippen LogP contribution in [0.25, 0.3) is 0 Å². The molecule has 0 aliphatic carbocycles. The van der Waals surface area contributed by atoms with Gasteiger partial charge in [0.05, 0.1) is 6.54 Å². The molecule has 0 unspecified atom stereocenters. The van der Waals surface area contributed by atoms with Crippen molar-refractivity contribution < 1.29 is 9.59 Å². The second-order valence-electron chi connectivity index (χ2n) is 8.06. The second-order valence-corrected chi connectivity index (χ2v) is 8.06. The van der Waals surface area contributed by atoms with Gasteiger partial charge in [0.15, 0.2) is 5.78 Å². The lowest BCUT2D eigenvalue weighted by atomic mass is 9.95. The lowest BCUT2D eigenvalue weighted by Crippen LogP contribution is -2.32. The fraction of sp³-hybridized carbons (Fsp3) is 0.103. The number of ketones is 1. The number of hydrogen-bond acceptors (Lipinski definition) is 2. The van der Waals surface area contributed by atoms with Gasteiger partial charge in [-0.1, -0.05) is 84.9 Å². The number of para-hydroxylation sites is 1. The molecule has 1 amide bonds. The predicted octanol–water partition coefficient (Wildman–Crippen LogP) is 5.86. The molecular weight excluding hydrogens is 394 g/mol. The van der Waals surface area contributed by atoms with Crippen LogP contribution in [-0.2, 0) is 19.4 Å². The lowest BCUT2D eigenvalue weighted by Gasteiger charge is -2.29. The van der Waals surface area contributed by atoms with Crippen molar-refractivity contribution in [1.82, 2.24) is 0 Å². The largest absolute Gasteiger partial charge is 0.304 e. The van der Waals surface area contributed by atoms with Crippen LogP contribution in [0.1, 0.15) is 43.0 Å². The molecule has 0 spiro atoms. The van der Waals surface area contributed by atoms with Crippen LogP contribution in [0.5, 0.6) is 0 Å². The van der Waals surface area contributed by atoms with Crippen LogP contribution in [0, 0.1) is 0 Å². The minimum Gasteiger partial charge on any atom is -0.304 e. The third-order valence-corrected chi connectivity index (χ3v) is 6.07. The van der Waals surface area contributed by atoms with E-state index in [-0.39, 0.29) is 11.7 Å². The molecule has 3 heteroatoms. The monoisotopic (exact) mass is 417 g/mol. The molecule has 1 aliphatic heterocycles. The maximum absolute atomic E-state index is 13.6. The molecule has 0 aromatic heterocycles. The van der Waals surface area contributed by atoms with Crippen LogP contribution in [0.4, 0.5) is 5.69 Å². The first-order valence-corrected chi connectivity index (χ1v) is 10.9. The number of carbonyl (C=O) groups is 2. The summed E-state index contributed by atoms with van der Waals surface area (Å²) in [6, 6.07) is 32.7. The third kappa shape index (κ3) is 3.85. The van der Waals surface area contributed by atoms with Crippen molar-refractivity contribution in [2.24, 2.45) is 0 Å². The van der Waals surface area contributed by atoms with E-state index in [0.717, 1.165) is 18.5 Å². The van der Waals surface area contributed by atoms with E-state index in [1.807, 2.05) is 47.4 Å². The summed E-state index contributed by atoms with van der Waals surface area (Å²) in [6.45, 7) is 0.525. The lowest BCUT2D eigenvalue weighted by molar-refractivity contribution is 0.0982. The minimum atomic E-state index is -0.0622. The van der Waals surface area contributed by atoms with Gasteiger partial charge in [0.2, 0.25) is 0 Å². The Bertz CT molecular complexity index is 1280. The van der Waals surface area contributed by atoms with Crippen LogP contribution < -0.4 is 4.90 Å². The predicted molar refractivity (Wildman–Crippen MR) is 127 cm³/mol. The van der Waals surface area contributed by atoms with Crippen molar-refractivity contribution in [1.29, 1.82) is 0 Å². The first kappa shape index (κ1) is 20.0. The van der Waals surface area contributed by atoms with E-state index in [2.05, 4.69) is 24.3 Å². The van der Waals surface area contributed by atoms with E-state index in [4.69, 9.17) is 0 Å². The molecule has 1 heterocycles. The third-order valence-electron chi connectivity index (χ3n) is 6.07. The number of aryl methyl sites for hydroxylation is 2. The van der Waals surface area contributed by atoms with Crippen molar-refractivity contribution in [2.75, 3.05) is 4.90 Å². The number of hydrogen-bond donors (Lipinski definition) is 0. The fourth-order valence-corrected chi connectivity index (χ4v) is 4.32. The zero-order valence-electron chi connectivity index (χ0n) is 17.7. The Morgan fingerprint density at radius 3 is 1.81 bits per heavy atom. The molecule has 4 aromatic carbocycles. The van der Waals surface area contributed by atoms with E-state index in [9.17, 15) is 9.59 Å². The molecule has 3 nitrogen and oxygen atoms in total. The molecule has 0 atom stereocenters. The maximum Gasteiger partial charge on any atom is 0.258 e. The van der Waals surface area contributed by atoms with Gasteiger partial charge in [-0.05, 0) is 47.7 Å². The molecule has 32 heavy (non-hydrogen) atoms. The normalized spacial score (nSPS) is 12.8. The van der Waals surface area contributed by atoms with Crippen LogP contribution in [0.15, 0.2) is 103 Å². The first-order chi connectivity index (χ1) is 15.7. The first-order valence-electron chi connectivity index (χ1n) is 10.9. The average Bonchev–Trinajstić information content (AvgIpc) is 2.85. The van der Waals surface area contributed by atoms with E-state index < -0.39 is 0 Å². The highest BCUT2D eigenvalue weighted by Crippen LogP contribution is 2.29. The molecule has 156 valence electrons. The summed E-state index contributed by atoms with van der Waals surface area (Å²) in [4.78, 5) is 28.2. The zero-order valence-corrected chi connectivity index (χ0v) is 17.7. The minimum absolute atomic E-state index is 0.0462. The van der Waals surface area contributed by atoms with Gasteiger partial charge in [-0.15, -0.1) is 0 Å². The molecule has 0 saturated heterocycles. The van der Waals surface area contributed by atoms with E-state index in [1.165, 1.54) is 16.7 Å². The quantitative estimate of drug-likeness (QED) is 0.391. The highest BCUT2D eigenvalue weighted by atomic mass is 16.2. The molecule has 0 radical (unpaired) electrons. The van der Waals surface area contributed by atoms with Gasteiger partial charge in [-0.25, -0.2) is 0 Å². The van der Waals surface area contributed by atoms with Gasteiger partial charge < -0.3 is 4.90 Å². The summed E-state index contributed by atoms with van der Waals surface area (Å²) < 4.78 is 0. The van der Waals surface area contributed by atoms with Crippen molar-refractivity contribution in [3.63, 3.8) is 0 Å². The summed E-state index contributed by atoms with van der Waals surface area (Å²) in [5.41, 5.74) is 6.37.